The molecule has 3 aromatic rings. The monoisotopic (exact) mass is 673 g/mol. The molecule has 49 heavy (non-hydrogen) atoms. The molecule has 0 aromatic heterocycles. The van der Waals surface area contributed by atoms with Gasteiger partial charge in [-0.1, -0.05) is 37.6 Å². The van der Waals surface area contributed by atoms with Crippen molar-refractivity contribution in [3.63, 3.8) is 0 Å². The van der Waals surface area contributed by atoms with Crippen molar-refractivity contribution in [1.82, 2.24) is 9.80 Å². The predicted octanol–water partition coefficient (Wildman–Crippen LogP) is 5.09. The summed E-state index contributed by atoms with van der Waals surface area (Å²) in [6.45, 7) is 5.54. The zero-order valence-corrected chi connectivity index (χ0v) is 29.1. The Labute approximate surface area is 289 Å². The van der Waals surface area contributed by atoms with E-state index in [0.717, 1.165) is 17.7 Å². The average molecular weight is 674 g/mol. The zero-order valence-electron chi connectivity index (χ0n) is 29.1. The maximum Gasteiger partial charge on any atom is 0.227 e. The quantitative estimate of drug-likeness (QED) is 0.129. The number of hydrogen-bond donors (Lipinski definition) is 4. The zero-order chi connectivity index (χ0) is 35.3. The van der Waals surface area contributed by atoms with E-state index in [0.29, 0.717) is 73.7 Å². The van der Waals surface area contributed by atoms with Crippen molar-refractivity contribution < 1.29 is 29.0 Å². The summed E-state index contributed by atoms with van der Waals surface area (Å²) in [5.41, 5.74) is 9.42. The smallest absolute Gasteiger partial charge is 0.227 e. The lowest BCUT2D eigenvalue weighted by atomic mass is 10.0. The van der Waals surface area contributed by atoms with Crippen LogP contribution in [-0.2, 0) is 27.3 Å². The van der Waals surface area contributed by atoms with Gasteiger partial charge in [0.1, 0.15) is 17.6 Å². The molecule has 11 nitrogen and oxygen atoms in total. The molecule has 1 aliphatic rings. The Balaban J connectivity index is 1.36. The molecule has 0 radical (unpaired) electrons. The number of nitrogens with two attached hydrogens (primary N) is 1. The first-order valence-corrected chi connectivity index (χ1v) is 17.0. The Hall–Kier alpha value is -4.61. The molecule has 0 aliphatic carbocycles. The summed E-state index contributed by atoms with van der Waals surface area (Å²) in [5, 5.41) is 15.7. The van der Waals surface area contributed by atoms with Crippen molar-refractivity contribution in [2.24, 2.45) is 5.92 Å². The molecule has 0 unspecified atom stereocenters. The fourth-order valence-corrected chi connectivity index (χ4v) is 5.93. The van der Waals surface area contributed by atoms with E-state index in [-0.39, 0.29) is 48.8 Å². The van der Waals surface area contributed by atoms with E-state index < -0.39 is 0 Å². The average Bonchev–Trinajstić information content (AvgIpc) is 3.12. The minimum atomic E-state index is -0.348. The number of anilines is 3. The molecule has 3 amide bonds. The molecule has 0 bridgehead atoms. The fraction of sp³-hybridized carbons (Fsp3) is 0.447. The second kappa shape index (κ2) is 18.2. The normalized spacial score (nSPS) is 16.9. The summed E-state index contributed by atoms with van der Waals surface area (Å²) >= 11 is 0. The van der Waals surface area contributed by atoms with Crippen molar-refractivity contribution in [3.05, 3.63) is 77.9 Å². The van der Waals surface area contributed by atoms with Crippen LogP contribution in [0.5, 0.6) is 11.5 Å². The molecule has 4 rings (SSSR count). The number of aliphatic hydroxyl groups excluding tert-OH is 1. The van der Waals surface area contributed by atoms with Crippen molar-refractivity contribution in [2.75, 3.05) is 50.2 Å². The van der Waals surface area contributed by atoms with Crippen LogP contribution in [0.1, 0.15) is 57.1 Å². The lowest BCUT2D eigenvalue weighted by Gasteiger charge is -2.34. The molecule has 1 aliphatic heterocycles. The Kier molecular flexibility index (Phi) is 13.8. The minimum absolute atomic E-state index is 0.0239. The van der Waals surface area contributed by atoms with Crippen LogP contribution in [0.15, 0.2) is 66.7 Å². The van der Waals surface area contributed by atoms with Gasteiger partial charge in [0.05, 0.1) is 37.6 Å². The molecule has 3 atom stereocenters. The third-order valence-corrected chi connectivity index (χ3v) is 8.85. The van der Waals surface area contributed by atoms with E-state index in [1.54, 1.807) is 36.3 Å². The third kappa shape index (κ3) is 11.2. The number of aliphatic hydroxyl groups is 1. The molecule has 0 saturated carbocycles. The Morgan fingerprint density at radius 3 is 2.41 bits per heavy atom. The molecule has 264 valence electrons. The number of rotatable bonds is 15. The Morgan fingerprint density at radius 1 is 1.04 bits per heavy atom. The van der Waals surface area contributed by atoms with E-state index >= 15 is 0 Å². The van der Waals surface area contributed by atoms with Crippen molar-refractivity contribution >= 4 is 34.8 Å². The first-order valence-electron chi connectivity index (χ1n) is 17.0. The highest BCUT2D eigenvalue weighted by molar-refractivity contribution is 5.94. The number of hydrogen-bond acceptors (Lipinski definition) is 8. The summed E-state index contributed by atoms with van der Waals surface area (Å²) in [6, 6.07) is 20.2. The number of amides is 3. The van der Waals surface area contributed by atoms with Crippen LogP contribution in [0.3, 0.4) is 0 Å². The molecular formula is C38H51N5O6. The molecule has 0 spiro atoms. The first kappa shape index (κ1) is 37.2. The van der Waals surface area contributed by atoms with Crippen LogP contribution in [0.4, 0.5) is 17.1 Å². The number of nitrogen functional groups attached to an aromatic ring is 1. The lowest BCUT2D eigenvalue weighted by molar-refractivity contribution is -0.134. The van der Waals surface area contributed by atoms with Gasteiger partial charge in [-0.25, -0.2) is 0 Å². The summed E-state index contributed by atoms with van der Waals surface area (Å²) in [4.78, 5) is 42.6. The van der Waals surface area contributed by atoms with Crippen LogP contribution in [-0.4, -0.2) is 78.6 Å². The SMILES string of the molecule is COc1ccc(CN(C)C[C@H]2Oc3ccc(NC(=O)CCCCCC(=O)Nc4ccccc4N)cc3CC(=O)N([C@@H](C)CO)C[C@@H]2C)cc1. The number of ether oxygens (including phenoxy) is 2. The second-order valence-electron chi connectivity index (χ2n) is 13.0. The largest absolute Gasteiger partial charge is 0.497 e. The van der Waals surface area contributed by atoms with E-state index in [1.165, 1.54) is 0 Å². The van der Waals surface area contributed by atoms with Gasteiger partial charge in [0.15, 0.2) is 0 Å². The highest BCUT2D eigenvalue weighted by Gasteiger charge is 2.31. The van der Waals surface area contributed by atoms with E-state index in [9.17, 15) is 19.5 Å². The topological polar surface area (TPSA) is 146 Å². The van der Waals surface area contributed by atoms with Gasteiger partial charge in [-0.15, -0.1) is 0 Å². The van der Waals surface area contributed by atoms with Crippen molar-refractivity contribution in [1.29, 1.82) is 0 Å². The number of para-hydroxylation sites is 2. The third-order valence-electron chi connectivity index (χ3n) is 8.85. The van der Waals surface area contributed by atoms with Crippen LogP contribution in [0, 0.1) is 5.92 Å². The number of unbranched alkanes of at least 4 members (excludes halogenated alkanes) is 2. The summed E-state index contributed by atoms with van der Waals surface area (Å²) < 4.78 is 11.9. The standard InChI is InChI=1S/C38H51N5O6/c1-26-22-43(27(2)25-44)38(47)21-29-20-30(40-36(45)12-6-5-7-13-37(46)41-33-11-9-8-10-32(33)39)16-19-34(29)49-35(26)24-42(3)23-28-14-17-31(48-4)18-15-28/h8-11,14-20,26-27,35,44H,5-7,12-13,21-25,39H2,1-4H3,(H,40,45)(H,41,46)/t26-,27-,35+/m0/s1. The summed E-state index contributed by atoms with van der Waals surface area (Å²) in [5.74, 6) is 1.04. The van der Waals surface area contributed by atoms with E-state index in [1.807, 2.05) is 56.4 Å². The van der Waals surface area contributed by atoms with Gasteiger partial charge < -0.3 is 35.8 Å². The number of carbonyl (C=O) groups excluding carboxylic acids is 3. The number of fused-ring (bicyclic) bond motifs is 1. The number of methoxy groups -OCH3 is 1. The molecule has 5 N–H and O–H groups in total. The highest BCUT2D eigenvalue weighted by Crippen LogP contribution is 2.30. The van der Waals surface area contributed by atoms with Crippen LogP contribution < -0.4 is 25.8 Å². The van der Waals surface area contributed by atoms with Gasteiger partial charge in [0, 0.05) is 49.6 Å². The van der Waals surface area contributed by atoms with Crippen LogP contribution >= 0.6 is 0 Å². The Morgan fingerprint density at radius 2 is 1.73 bits per heavy atom. The maximum atomic E-state index is 13.6. The number of benzene rings is 3. The minimum Gasteiger partial charge on any atom is -0.497 e. The first-order chi connectivity index (χ1) is 23.6. The van der Waals surface area contributed by atoms with Crippen LogP contribution in [0.25, 0.3) is 0 Å². The van der Waals surface area contributed by atoms with Crippen molar-refractivity contribution in [2.45, 2.75) is 71.1 Å². The van der Waals surface area contributed by atoms with Gasteiger partial charge in [-0.05, 0) is 74.8 Å². The van der Waals surface area contributed by atoms with Crippen LogP contribution in [0.2, 0.25) is 0 Å². The molecular weight excluding hydrogens is 622 g/mol. The molecule has 0 saturated heterocycles. The van der Waals surface area contributed by atoms with Gasteiger partial charge in [0.2, 0.25) is 17.7 Å². The number of nitrogens with zero attached hydrogens (tertiary/aromatic N) is 2. The molecule has 3 aromatic carbocycles. The van der Waals surface area contributed by atoms with Crippen molar-refractivity contribution in [3.8, 4) is 11.5 Å². The summed E-state index contributed by atoms with van der Waals surface area (Å²) in [7, 11) is 3.69. The predicted molar refractivity (Wildman–Crippen MR) is 193 cm³/mol. The van der Waals surface area contributed by atoms with E-state index in [4.69, 9.17) is 15.2 Å². The summed E-state index contributed by atoms with van der Waals surface area (Å²) in [6.07, 6.45) is 2.51. The van der Waals surface area contributed by atoms with Gasteiger partial charge in [-0.2, -0.15) is 0 Å². The maximum absolute atomic E-state index is 13.6. The number of carbonyl (C=O) groups is 3. The highest BCUT2D eigenvalue weighted by atomic mass is 16.5. The fourth-order valence-electron chi connectivity index (χ4n) is 5.93. The number of likely N-dealkylation sites (N-methyl/N-ethyl adjacent to an activating group) is 1. The van der Waals surface area contributed by atoms with Gasteiger partial charge >= 0.3 is 0 Å². The van der Waals surface area contributed by atoms with E-state index in [2.05, 4.69) is 22.5 Å². The van der Waals surface area contributed by atoms with Gasteiger partial charge in [0.25, 0.3) is 0 Å². The second-order valence-corrected chi connectivity index (χ2v) is 13.0. The number of nitrogens with one attached hydrogen (secondary N) is 2. The van der Waals surface area contributed by atoms with Gasteiger partial charge in [-0.3, -0.25) is 19.3 Å². The molecule has 11 heteroatoms. The molecule has 0 fully saturated rings. The Bertz CT molecular complexity index is 1550. The molecule has 1 heterocycles. The lowest BCUT2D eigenvalue weighted by Crippen LogP contribution is -2.47.